The molecule has 1 heterocycles. The summed E-state index contributed by atoms with van der Waals surface area (Å²) in [5, 5.41) is 2.66. The molecule has 6 heteroatoms. The number of likely N-dealkylation sites (tertiary alicyclic amines) is 1. The third-order valence-electron chi connectivity index (χ3n) is 4.96. The summed E-state index contributed by atoms with van der Waals surface area (Å²) >= 11 is 0. The van der Waals surface area contributed by atoms with Gasteiger partial charge in [-0.05, 0) is 36.2 Å². The number of likely N-dealkylation sites (N-methyl/N-ethyl adjacent to an activating group) is 1. The van der Waals surface area contributed by atoms with Crippen molar-refractivity contribution >= 4 is 11.8 Å². The average Bonchev–Trinajstić information content (AvgIpc) is 3.16. The second kappa shape index (κ2) is 9.26. The third kappa shape index (κ3) is 4.82. The Bertz CT molecular complexity index is 792. The molecule has 0 spiro atoms. The van der Waals surface area contributed by atoms with Gasteiger partial charge in [0.15, 0.2) is 0 Å². The van der Waals surface area contributed by atoms with E-state index in [1.807, 2.05) is 54.6 Å². The zero-order valence-corrected chi connectivity index (χ0v) is 16.3. The van der Waals surface area contributed by atoms with Gasteiger partial charge in [-0.25, -0.2) is 0 Å². The molecule has 28 heavy (non-hydrogen) atoms. The minimum Gasteiger partial charge on any atom is -0.497 e. The van der Waals surface area contributed by atoms with Gasteiger partial charge >= 0.3 is 0 Å². The van der Waals surface area contributed by atoms with E-state index in [0.29, 0.717) is 25.8 Å². The van der Waals surface area contributed by atoms with E-state index in [1.54, 1.807) is 19.1 Å². The van der Waals surface area contributed by atoms with E-state index in [4.69, 9.17) is 9.47 Å². The molecule has 2 amide bonds. The first-order valence-electron chi connectivity index (χ1n) is 9.46. The summed E-state index contributed by atoms with van der Waals surface area (Å²) in [5.41, 5.74) is 1.06. The molecule has 6 nitrogen and oxygen atoms in total. The largest absolute Gasteiger partial charge is 0.497 e. The Balaban J connectivity index is 1.62. The van der Waals surface area contributed by atoms with Crippen LogP contribution in [0.2, 0.25) is 0 Å². The second-order valence-electron chi connectivity index (χ2n) is 6.81. The van der Waals surface area contributed by atoms with Crippen molar-refractivity contribution in [2.45, 2.75) is 31.4 Å². The molecule has 1 aliphatic heterocycles. The van der Waals surface area contributed by atoms with Crippen LogP contribution in [0.3, 0.4) is 0 Å². The van der Waals surface area contributed by atoms with Gasteiger partial charge in [-0.1, -0.05) is 30.3 Å². The standard InChI is InChI=1S/C22H26N2O4/c1-23-22(26)20-14-19(28-18-6-4-3-5-7-18)15-24(20)21(25)13-10-16-8-11-17(27-2)12-9-16/h3-9,11-12,19-20H,10,13-15H2,1-2H3,(H,23,26)/t19-,20-/m0/s1. The average molecular weight is 382 g/mol. The molecular weight excluding hydrogens is 356 g/mol. The van der Waals surface area contributed by atoms with Gasteiger partial charge in [0, 0.05) is 19.9 Å². The van der Waals surface area contributed by atoms with Gasteiger partial charge in [0.2, 0.25) is 11.8 Å². The molecule has 0 aliphatic carbocycles. The second-order valence-corrected chi connectivity index (χ2v) is 6.81. The van der Waals surface area contributed by atoms with Crippen LogP contribution in [0.1, 0.15) is 18.4 Å². The van der Waals surface area contributed by atoms with Crippen LogP contribution in [0.4, 0.5) is 0 Å². The maximum Gasteiger partial charge on any atom is 0.242 e. The molecular formula is C22H26N2O4. The maximum atomic E-state index is 12.8. The number of aryl methyl sites for hydroxylation is 1. The number of rotatable bonds is 7. The highest BCUT2D eigenvalue weighted by Gasteiger charge is 2.40. The zero-order valence-electron chi connectivity index (χ0n) is 16.3. The summed E-state index contributed by atoms with van der Waals surface area (Å²) in [4.78, 5) is 26.8. The number of amides is 2. The van der Waals surface area contributed by atoms with Crippen molar-refractivity contribution in [2.24, 2.45) is 0 Å². The molecule has 1 saturated heterocycles. The number of benzene rings is 2. The molecule has 2 atom stereocenters. The Hall–Kier alpha value is -3.02. The van der Waals surface area contributed by atoms with Gasteiger partial charge in [0.25, 0.3) is 0 Å². The van der Waals surface area contributed by atoms with Gasteiger partial charge in [-0.3, -0.25) is 9.59 Å². The predicted octanol–water partition coefficient (Wildman–Crippen LogP) is 2.42. The first kappa shape index (κ1) is 19.7. The van der Waals surface area contributed by atoms with Crippen molar-refractivity contribution in [3.63, 3.8) is 0 Å². The molecule has 2 aromatic carbocycles. The fourth-order valence-corrected chi connectivity index (χ4v) is 3.45. The number of carbonyl (C=O) groups is 2. The zero-order chi connectivity index (χ0) is 19.9. The van der Waals surface area contributed by atoms with Gasteiger partial charge in [-0.15, -0.1) is 0 Å². The van der Waals surface area contributed by atoms with Crippen LogP contribution in [-0.2, 0) is 16.0 Å². The topological polar surface area (TPSA) is 67.9 Å². The Morgan fingerprint density at radius 2 is 1.79 bits per heavy atom. The lowest BCUT2D eigenvalue weighted by molar-refractivity contribution is -0.138. The summed E-state index contributed by atoms with van der Waals surface area (Å²) < 4.78 is 11.1. The molecule has 0 unspecified atom stereocenters. The highest BCUT2D eigenvalue weighted by molar-refractivity contribution is 5.88. The van der Waals surface area contributed by atoms with E-state index < -0.39 is 6.04 Å². The van der Waals surface area contributed by atoms with Crippen molar-refractivity contribution in [2.75, 3.05) is 20.7 Å². The quantitative estimate of drug-likeness (QED) is 0.799. The molecule has 1 N–H and O–H groups in total. The third-order valence-corrected chi connectivity index (χ3v) is 4.96. The highest BCUT2D eigenvalue weighted by atomic mass is 16.5. The number of nitrogens with one attached hydrogen (secondary N) is 1. The molecule has 1 fully saturated rings. The summed E-state index contributed by atoms with van der Waals surface area (Å²) in [6.45, 7) is 0.411. The molecule has 1 aliphatic rings. The monoisotopic (exact) mass is 382 g/mol. The van der Waals surface area contributed by atoms with Crippen LogP contribution < -0.4 is 14.8 Å². The number of methoxy groups -OCH3 is 1. The number of carbonyl (C=O) groups excluding carboxylic acids is 2. The van der Waals surface area contributed by atoms with Gasteiger partial charge in [0.1, 0.15) is 23.6 Å². The van der Waals surface area contributed by atoms with Crippen LogP contribution >= 0.6 is 0 Å². The number of hydrogen-bond acceptors (Lipinski definition) is 4. The van der Waals surface area contributed by atoms with Gasteiger partial charge < -0.3 is 19.7 Å². The lowest BCUT2D eigenvalue weighted by Crippen LogP contribution is -2.45. The lowest BCUT2D eigenvalue weighted by atomic mass is 10.1. The van der Waals surface area contributed by atoms with Crippen molar-refractivity contribution in [3.05, 3.63) is 60.2 Å². The van der Waals surface area contributed by atoms with E-state index in [1.165, 1.54) is 0 Å². The normalized spacial score (nSPS) is 18.6. The van der Waals surface area contributed by atoms with Crippen molar-refractivity contribution in [1.82, 2.24) is 10.2 Å². The molecule has 0 aromatic heterocycles. The summed E-state index contributed by atoms with van der Waals surface area (Å²) in [6, 6.07) is 16.6. The van der Waals surface area contributed by atoms with E-state index in [9.17, 15) is 9.59 Å². The summed E-state index contributed by atoms with van der Waals surface area (Å²) in [7, 11) is 3.21. The Morgan fingerprint density at radius 1 is 1.07 bits per heavy atom. The molecule has 0 radical (unpaired) electrons. The van der Waals surface area contributed by atoms with Gasteiger partial charge in [-0.2, -0.15) is 0 Å². The molecule has 0 bridgehead atoms. The number of nitrogens with zero attached hydrogens (tertiary/aromatic N) is 1. The predicted molar refractivity (Wildman–Crippen MR) is 106 cm³/mol. The highest BCUT2D eigenvalue weighted by Crippen LogP contribution is 2.24. The lowest BCUT2D eigenvalue weighted by Gasteiger charge is -2.23. The van der Waals surface area contributed by atoms with E-state index in [-0.39, 0.29) is 17.9 Å². The van der Waals surface area contributed by atoms with Crippen molar-refractivity contribution in [1.29, 1.82) is 0 Å². The van der Waals surface area contributed by atoms with E-state index in [2.05, 4.69) is 5.32 Å². The summed E-state index contributed by atoms with van der Waals surface area (Å²) in [5.74, 6) is 1.34. The number of ether oxygens (including phenoxy) is 2. The van der Waals surface area contributed by atoms with Gasteiger partial charge in [0.05, 0.1) is 13.7 Å². The van der Waals surface area contributed by atoms with Crippen LogP contribution in [0.15, 0.2) is 54.6 Å². The van der Waals surface area contributed by atoms with E-state index >= 15 is 0 Å². The minimum absolute atomic E-state index is 0.0384. The van der Waals surface area contributed by atoms with Crippen molar-refractivity contribution < 1.29 is 19.1 Å². The van der Waals surface area contributed by atoms with E-state index in [0.717, 1.165) is 17.1 Å². The number of hydrogen-bond donors (Lipinski definition) is 1. The smallest absolute Gasteiger partial charge is 0.242 e. The fraction of sp³-hybridized carbons (Fsp3) is 0.364. The molecule has 0 saturated carbocycles. The fourth-order valence-electron chi connectivity index (χ4n) is 3.45. The minimum atomic E-state index is -0.498. The molecule has 2 aromatic rings. The Labute approximate surface area is 165 Å². The Morgan fingerprint density at radius 3 is 2.43 bits per heavy atom. The van der Waals surface area contributed by atoms with Crippen LogP contribution in [0.5, 0.6) is 11.5 Å². The summed E-state index contributed by atoms with van der Waals surface area (Å²) in [6.07, 6.45) is 1.25. The Kier molecular flexibility index (Phi) is 6.53. The molecule has 3 rings (SSSR count). The number of para-hydroxylation sites is 1. The van der Waals surface area contributed by atoms with Crippen molar-refractivity contribution in [3.8, 4) is 11.5 Å². The first-order chi connectivity index (χ1) is 13.6. The molecule has 148 valence electrons. The van der Waals surface area contributed by atoms with Crippen LogP contribution in [-0.4, -0.2) is 49.6 Å². The van der Waals surface area contributed by atoms with Crippen LogP contribution in [0.25, 0.3) is 0 Å². The SMILES string of the molecule is CNC(=O)[C@@H]1C[C@H](Oc2ccccc2)CN1C(=O)CCc1ccc(OC)cc1. The first-order valence-corrected chi connectivity index (χ1v) is 9.46. The van der Waals surface area contributed by atoms with Crippen LogP contribution in [0, 0.1) is 0 Å². The maximum absolute atomic E-state index is 12.8.